The molecule has 0 bridgehead atoms. The van der Waals surface area contributed by atoms with E-state index in [-0.39, 0.29) is 12.2 Å². The minimum Gasteiger partial charge on any atom is -0.462 e. The van der Waals surface area contributed by atoms with E-state index in [1.165, 1.54) is 99.3 Å². The van der Waals surface area contributed by atoms with Gasteiger partial charge in [-0.05, 0) is 122 Å². The zero-order valence-electron chi connectivity index (χ0n) is 25.8. The first-order valence-corrected chi connectivity index (χ1v) is 16.7. The standard InChI is InChI=1S/C38H54O3/c1-4-6-7-9-29-13-17-34(18-14-29)36-23-24-37(31(5-2)26-36)35-21-19-33(20-22-35)32-15-11-30(12-16-32)10-8-25-41-38(40)28(3)27-39/h19-24,26,29-30,32,34,39H,3-18,25,27H2,1-2H3. The van der Waals surface area contributed by atoms with E-state index >= 15 is 0 Å². The van der Waals surface area contributed by atoms with Crippen LogP contribution in [0.25, 0.3) is 11.1 Å². The van der Waals surface area contributed by atoms with Crippen LogP contribution in [-0.4, -0.2) is 24.3 Å². The lowest BCUT2D eigenvalue weighted by atomic mass is 9.76. The van der Waals surface area contributed by atoms with Gasteiger partial charge in [0.2, 0.25) is 0 Å². The van der Waals surface area contributed by atoms with E-state index in [9.17, 15) is 4.79 Å². The van der Waals surface area contributed by atoms with Crippen molar-refractivity contribution in [2.45, 2.75) is 122 Å². The maximum Gasteiger partial charge on any atom is 0.335 e. The number of hydrogen-bond donors (Lipinski definition) is 1. The van der Waals surface area contributed by atoms with E-state index in [2.05, 4.69) is 62.9 Å². The van der Waals surface area contributed by atoms with Gasteiger partial charge in [-0.25, -0.2) is 4.79 Å². The highest BCUT2D eigenvalue weighted by Crippen LogP contribution is 2.40. The van der Waals surface area contributed by atoms with Gasteiger partial charge in [0.15, 0.2) is 0 Å². The second-order valence-electron chi connectivity index (χ2n) is 12.9. The Morgan fingerprint density at radius 3 is 1.98 bits per heavy atom. The first-order valence-electron chi connectivity index (χ1n) is 16.7. The van der Waals surface area contributed by atoms with Crippen LogP contribution in [0, 0.1) is 11.8 Å². The van der Waals surface area contributed by atoms with Crippen LogP contribution in [0.15, 0.2) is 54.6 Å². The van der Waals surface area contributed by atoms with E-state index in [0.717, 1.165) is 31.1 Å². The Kier molecular flexibility index (Phi) is 12.5. The number of aryl methyl sites for hydroxylation is 1. The van der Waals surface area contributed by atoms with Crippen LogP contribution in [0.4, 0.5) is 0 Å². The number of aliphatic hydroxyl groups excluding tert-OH is 1. The smallest absolute Gasteiger partial charge is 0.335 e. The topological polar surface area (TPSA) is 46.5 Å². The number of carbonyl (C=O) groups is 1. The predicted octanol–water partition coefficient (Wildman–Crippen LogP) is 9.92. The van der Waals surface area contributed by atoms with E-state index in [4.69, 9.17) is 9.84 Å². The molecule has 4 rings (SSSR count). The van der Waals surface area contributed by atoms with Crippen LogP contribution in [-0.2, 0) is 16.0 Å². The minimum absolute atomic E-state index is 0.130. The number of hydrogen-bond acceptors (Lipinski definition) is 3. The summed E-state index contributed by atoms with van der Waals surface area (Å²) in [4.78, 5) is 11.6. The van der Waals surface area contributed by atoms with Crippen LogP contribution < -0.4 is 0 Å². The molecule has 0 heterocycles. The Morgan fingerprint density at radius 1 is 0.805 bits per heavy atom. The lowest BCUT2D eigenvalue weighted by Crippen LogP contribution is -2.15. The fourth-order valence-corrected chi connectivity index (χ4v) is 7.33. The monoisotopic (exact) mass is 558 g/mol. The molecule has 2 fully saturated rings. The molecule has 2 aliphatic rings. The van der Waals surface area contributed by atoms with Gasteiger partial charge in [0.05, 0.1) is 18.8 Å². The molecule has 224 valence electrons. The summed E-state index contributed by atoms with van der Waals surface area (Å²) in [5.41, 5.74) is 7.43. The Hall–Kier alpha value is -2.39. The fourth-order valence-electron chi connectivity index (χ4n) is 7.33. The van der Waals surface area contributed by atoms with Gasteiger partial charge in [-0.2, -0.15) is 0 Å². The van der Waals surface area contributed by atoms with Crippen LogP contribution in [0.5, 0.6) is 0 Å². The third kappa shape index (κ3) is 9.05. The number of rotatable bonds is 14. The molecule has 1 N–H and O–H groups in total. The molecule has 0 unspecified atom stereocenters. The number of carbonyl (C=O) groups excluding carboxylic acids is 1. The predicted molar refractivity (Wildman–Crippen MR) is 171 cm³/mol. The quantitative estimate of drug-likeness (QED) is 0.143. The van der Waals surface area contributed by atoms with Crippen molar-refractivity contribution < 1.29 is 14.6 Å². The normalized spacial score (nSPS) is 22.8. The highest BCUT2D eigenvalue weighted by Gasteiger charge is 2.24. The van der Waals surface area contributed by atoms with Gasteiger partial charge in [0, 0.05) is 0 Å². The number of benzene rings is 2. The van der Waals surface area contributed by atoms with E-state index < -0.39 is 5.97 Å². The van der Waals surface area contributed by atoms with Crippen LogP contribution in [0.1, 0.15) is 132 Å². The molecule has 2 aliphatic carbocycles. The molecule has 0 saturated heterocycles. The highest BCUT2D eigenvalue weighted by atomic mass is 16.5. The van der Waals surface area contributed by atoms with Crippen molar-refractivity contribution in [3.63, 3.8) is 0 Å². The Balaban J connectivity index is 1.25. The minimum atomic E-state index is -0.475. The summed E-state index contributed by atoms with van der Waals surface area (Å²) in [6, 6.07) is 16.8. The molecule has 3 nitrogen and oxygen atoms in total. The average Bonchev–Trinajstić information content (AvgIpc) is 3.03. The van der Waals surface area contributed by atoms with Crippen molar-refractivity contribution in [1.82, 2.24) is 0 Å². The molecule has 2 aromatic carbocycles. The lowest BCUT2D eigenvalue weighted by Gasteiger charge is -2.29. The molecule has 0 aliphatic heterocycles. The molecule has 0 radical (unpaired) electrons. The summed E-state index contributed by atoms with van der Waals surface area (Å²) < 4.78 is 5.20. The summed E-state index contributed by atoms with van der Waals surface area (Å²) >= 11 is 0. The number of ether oxygens (including phenoxy) is 1. The van der Waals surface area contributed by atoms with Gasteiger partial charge in [-0.1, -0.05) is 88.6 Å². The van der Waals surface area contributed by atoms with E-state index in [1.807, 2.05) is 0 Å². The number of esters is 1. The van der Waals surface area contributed by atoms with Crippen molar-refractivity contribution in [2.75, 3.05) is 13.2 Å². The van der Waals surface area contributed by atoms with Crippen LogP contribution >= 0.6 is 0 Å². The first-order chi connectivity index (χ1) is 20.0. The van der Waals surface area contributed by atoms with Gasteiger partial charge in [-0.15, -0.1) is 0 Å². The van der Waals surface area contributed by atoms with Gasteiger partial charge in [0.1, 0.15) is 0 Å². The Morgan fingerprint density at radius 2 is 1.39 bits per heavy atom. The maximum absolute atomic E-state index is 11.6. The second kappa shape index (κ2) is 16.3. The van der Waals surface area contributed by atoms with Crippen LogP contribution in [0.3, 0.4) is 0 Å². The molecular formula is C38H54O3. The number of unbranched alkanes of at least 4 members (excludes halogenated alkanes) is 2. The molecule has 0 spiro atoms. The third-order valence-corrected chi connectivity index (χ3v) is 10.1. The van der Waals surface area contributed by atoms with E-state index in [1.54, 1.807) is 5.56 Å². The van der Waals surface area contributed by atoms with Crippen molar-refractivity contribution in [3.8, 4) is 11.1 Å². The molecule has 2 aromatic rings. The fraction of sp³-hybridized carbons (Fsp3) is 0.605. The molecule has 41 heavy (non-hydrogen) atoms. The molecule has 0 amide bonds. The zero-order valence-corrected chi connectivity index (χ0v) is 25.8. The maximum atomic E-state index is 11.6. The van der Waals surface area contributed by atoms with Gasteiger partial charge < -0.3 is 9.84 Å². The summed E-state index contributed by atoms with van der Waals surface area (Å²) in [7, 11) is 0. The third-order valence-electron chi connectivity index (χ3n) is 10.1. The Bertz CT molecular complexity index is 1090. The Labute approximate surface area is 249 Å². The van der Waals surface area contributed by atoms with Gasteiger partial charge in [-0.3, -0.25) is 0 Å². The van der Waals surface area contributed by atoms with Gasteiger partial charge in [0.25, 0.3) is 0 Å². The van der Waals surface area contributed by atoms with Gasteiger partial charge >= 0.3 is 5.97 Å². The van der Waals surface area contributed by atoms with Crippen molar-refractivity contribution in [1.29, 1.82) is 0 Å². The molecular weight excluding hydrogens is 504 g/mol. The second-order valence-corrected chi connectivity index (χ2v) is 12.9. The molecule has 3 heteroatoms. The summed E-state index contributed by atoms with van der Waals surface area (Å²) in [6.45, 7) is 8.20. The summed E-state index contributed by atoms with van der Waals surface area (Å²) in [5, 5.41) is 8.97. The molecule has 2 saturated carbocycles. The summed E-state index contributed by atoms with van der Waals surface area (Å²) in [5.74, 6) is 2.60. The van der Waals surface area contributed by atoms with Crippen molar-refractivity contribution >= 4 is 5.97 Å². The number of aliphatic hydroxyl groups is 1. The largest absolute Gasteiger partial charge is 0.462 e. The average molecular weight is 559 g/mol. The first kappa shape index (κ1) is 31.5. The van der Waals surface area contributed by atoms with Crippen LogP contribution in [0.2, 0.25) is 0 Å². The molecule has 0 atom stereocenters. The summed E-state index contributed by atoms with van der Waals surface area (Å²) in [6.07, 6.45) is 19.2. The lowest BCUT2D eigenvalue weighted by molar-refractivity contribution is -0.139. The zero-order chi connectivity index (χ0) is 29.0. The highest BCUT2D eigenvalue weighted by molar-refractivity contribution is 5.87. The van der Waals surface area contributed by atoms with Crippen molar-refractivity contribution in [3.05, 3.63) is 71.3 Å². The van der Waals surface area contributed by atoms with Crippen molar-refractivity contribution in [2.24, 2.45) is 11.8 Å². The molecule has 0 aromatic heterocycles. The SMILES string of the molecule is C=C(CO)C(=O)OCCCC1CCC(c2ccc(-c3ccc(C4CCC(CCCCC)CC4)cc3CC)cc2)CC1. The van der Waals surface area contributed by atoms with E-state index in [0.29, 0.717) is 18.4 Å².